The molecule has 3 aliphatic rings. The van der Waals surface area contributed by atoms with Crippen molar-refractivity contribution >= 4 is 17.6 Å². The molecule has 0 radical (unpaired) electrons. The van der Waals surface area contributed by atoms with Crippen LogP contribution in [0.1, 0.15) is 33.3 Å². The molecule has 4 atom stereocenters. The standard InChI is InChI=1S/C31H34FNO8/c1-17-22(28(34)36-5)24(23(29(35)37-6)18(2)33(17)21-14-12-20(32)13-15-21)25-26(38-16-19-10-8-7-9-11-19)27-30(39-25)41-31(3,4)40-27/h7-15,24-27,30H,16H2,1-6H3/t25-,26+,27-,30-/m0/s1. The van der Waals surface area contributed by atoms with Gasteiger partial charge in [-0.1, -0.05) is 30.3 Å². The molecule has 0 aromatic heterocycles. The van der Waals surface area contributed by atoms with Crippen molar-refractivity contribution in [2.45, 2.75) is 64.7 Å². The number of hydrogen-bond donors (Lipinski definition) is 0. The maximum atomic E-state index is 13.8. The summed E-state index contributed by atoms with van der Waals surface area (Å²) in [6, 6.07) is 15.4. The van der Waals surface area contributed by atoms with E-state index in [1.807, 2.05) is 30.3 Å². The second kappa shape index (κ2) is 11.4. The number of hydrogen-bond acceptors (Lipinski definition) is 9. The average molecular weight is 568 g/mol. The molecule has 2 aromatic rings. The van der Waals surface area contributed by atoms with E-state index in [2.05, 4.69) is 0 Å². The van der Waals surface area contributed by atoms with Crippen LogP contribution in [0.2, 0.25) is 0 Å². The van der Waals surface area contributed by atoms with Gasteiger partial charge in [0.15, 0.2) is 12.1 Å². The van der Waals surface area contributed by atoms with Gasteiger partial charge in [0.1, 0.15) is 24.1 Å². The monoisotopic (exact) mass is 567 g/mol. The summed E-state index contributed by atoms with van der Waals surface area (Å²) in [5.74, 6) is -3.60. The third-order valence-corrected chi connectivity index (χ3v) is 7.61. The third kappa shape index (κ3) is 5.40. The van der Waals surface area contributed by atoms with Crippen LogP contribution in [-0.2, 0) is 44.6 Å². The topological polar surface area (TPSA) is 92.8 Å². The first-order chi connectivity index (χ1) is 19.6. The van der Waals surface area contributed by atoms with Gasteiger partial charge >= 0.3 is 11.9 Å². The van der Waals surface area contributed by atoms with Crippen LogP contribution in [0.25, 0.3) is 0 Å². The van der Waals surface area contributed by atoms with E-state index in [0.29, 0.717) is 17.1 Å². The molecule has 0 unspecified atom stereocenters. The number of ether oxygens (including phenoxy) is 6. The molecule has 2 saturated heterocycles. The highest BCUT2D eigenvalue weighted by molar-refractivity contribution is 6.00. The Balaban J connectivity index is 1.63. The molecule has 0 aliphatic carbocycles. The fourth-order valence-electron chi connectivity index (χ4n) is 5.89. The van der Waals surface area contributed by atoms with Gasteiger partial charge in [0.05, 0.1) is 37.9 Å². The molecular weight excluding hydrogens is 533 g/mol. The van der Waals surface area contributed by atoms with Crippen molar-refractivity contribution < 1.29 is 42.4 Å². The summed E-state index contributed by atoms with van der Waals surface area (Å²) in [6.07, 6.45) is -3.05. The molecule has 0 N–H and O–H groups in total. The smallest absolute Gasteiger partial charge is 0.336 e. The minimum atomic E-state index is -0.951. The van der Waals surface area contributed by atoms with Crippen molar-refractivity contribution in [1.82, 2.24) is 0 Å². The summed E-state index contributed by atoms with van der Waals surface area (Å²) in [4.78, 5) is 28.7. The van der Waals surface area contributed by atoms with Crippen LogP contribution in [0.4, 0.5) is 10.1 Å². The number of carbonyl (C=O) groups is 2. The molecule has 0 amide bonds. The zero-order valence-corrected chi connectivity index (χ0v) is 23.9. The predicted molar refractivity (Wildman–Crippen MR) is 146 cm³/mol. The lowest BCUT2D eigenvalue weighted by molar-refractivity contribution is -0.223. The van der Waals surface area contributed by atoms with Gasteiger partial charge in [-0.3, -0.25) is 0 Å². The van der Waals surface area contributed by atoms with Crippen molar-refractivity contribution in [1.29, 1.82) is 0 Å². The van der Waals surface area contributed by atoms with E-state index in [9.17, 15) is 14.0 Å². The van der Waals surface area contributed by atoms with Crippen LogP contribution in [-0.4, -0.2) is 56.5 Å². The molecule has 0 bridgehead atoms. The number of halogens is 1. The normalized spacial score (nSPS) is 25.9. The summed E-state index contributed by atoms with van der Waals surface area (Å²) < 4.78 is 49.4. The molecule has 10 heteroatoms. The van der Waals surface area contributed by atoms with E-state index < -0.39 is 54.1 Å². The minimum absolute atomic E-state index is 0.181. The number of nitrogens with zero attached hydrogens (tertiary/aromatic N) is 1. The van der Waals surface area contributed by atoms with Crippen molar-refractivity contribution in [2.75, 3.05) is 19.1 Å². The minimum Gasteiger partial charge on any atom is -0.466 e. The molecular formula is C31H34FNO8. The Labute approximate surface area is 238 Å². The highest BCUT2D eigenvalue weighted by Crippen LogP contribution is 2.48. The lowest BCUT2D eigenvalue weighted by Crippen LogP contribution is -2.47. The van der Waals surface area contributed by atoms with Crippen LogP contribution in [0.15, 0.2) is 77.1 Å². The van der Waals surface area contributed by atoms with E-state index in [0.717, 1.165) is 5.56 Å². The van der Waals surface area contributed by atoms with Crippen LogP contribution in [0, 0.1) is 11.7 Å². The Hall–Kier alpha value is -3.57. The number of methoxy groups -OCH3 is 2. The van der Waals surface area contributed by atoms with Crippen LogP contribution in [0.5, 0.6) is 0 Å². The van der Waals surface area contributed by atoms with E-state index in [-0.39, 0.29) is 17.8 Å². The third-order valence-electron chi connectivity index (χ3n) is 7.61. The summed E-state index contributed by atoms with van der Waals surface area (Å²) >= 11 is 0. The number of esters is 2. The second-order valence-electron chi connectivity index (χ2n) is 10.6. The average Bonchev–Trinajstić information content (AvgIpc) is 3.43. The number of benzene rings is 2. The lowest BCUT2D eigenvalue weighted by atomic mass is 9.78. The zero-order chi connectivity index (χ0) is 29.5. The Morgan fingerprint density at radius 1 is 0.878 bits per heavy atom. The lowest BCUT2D eigenvalue weighted by Gasteiger charge is -2.40. The second-order valence-corrected chi connectivity index (χ2v) is 10.6. The number of fused-ring (bicyclic) bond motifs is 1. The number of allylic oxidation sites excluding steroid dienone is 2. The molecule has 41 heavy (non-hydrogen) atoms. The molecule has 0 saturated carbocycles. The van der Waals surface area contributed by atoms with Gasteiger partial charge in [0.25, 0.3) is 0 Å². The van der Waals surface area contributed by atoms with E-state index >= 15 is 0 Å². The molecule has 2 fully saturated rings. The summed E-state index contributed by atoms with van der Waals surface area (Å²) in [5.41, 5.74) is 2.82. The van der Waals surface area contributed by atoms with Crippen molar-refractivity contribution in [2.24, 2.45) is 5.92 Å². The highest BCUT2D eigenvalue weighted by Gasteiger charge is 2.60. The maximum Gasteiger partial charge on any atom is 0.336 e. The van der Waals surface area contributed by atoms with Crippen LogP contribution < -0.4 is 4.90 Å². The zero-order valence-electron chi connectivity index (χ0n) is 23.9. The Morgan fingerprint density at radius 3 is 2.02 bits per heavy atom. The SMILES string of the molecule is COC(=O)C1=C(C)N(c2ccc(F)cc2)C(C)=C(C(=O)OC)C1[C@@H]1O[C@H]2OC(C)(C)O[C@H]2[C@@H]1OCc1ccccc1. The largest absolute Gasteiger partial charge is 0.466 e. The van der Waals surface area contributed by atoms with E-state index in [1.165, 1.54) is 26.4 Å². The van der Waals surface area contributed by atoms with E-state index in [1.54, 1.807) is 44.7 Å². The summed E-state index contributed by atoms with van der Waals surface area (Å²) in [5, 5.41) is 0. The molecule has 3 aliphatic heterocycles. The van der Waals surface area contributed by atoms with Gasteiger partial charge in [-0.15, -0.1) is 0 Å². The molecule has 3 heterocycles. The first-order valence-electron chi connectivity index (χ1n) is 13.4. The Bertz CT molecular complexity index is 1330. The van der Waals surface area contributed by atoms with Gasteiger partial charge in [-0.05, 0) is 57.5 Å². The van der Waals surface area contributed by atoms with Gasteiger partial charge < -0.3 is 33.3 Å². The van der Waals surface area contributed by atoms with Crippen LogP contribution in [0.3, 0.4) is 0 Å². The molecule has 5 rings (SSSR count). The van der Waals surface area contributed by atoms with Gasteiger partial charge in [-0.2, -0.15) is 0 Å². The number of rotatable bonds is 7. The van der Waals surface area contributed by atoms with Crippen LogP contribution >= 0.6 is 0 Å². The maximum absolute atomic E-state index is 13.8. The molecule has 2 aromatic carbocycles. The molecule has 9 nitrogen and oxygen atoms in total. The predicted octanol–water partition coefficient (Wildman–Crippen LogP) is 4.62. The van der Waals surface area contributed by atoms with Crippen molar-refractivity contribution in [3.8, 4) is 0 Å². The van der Waals surface area contributed by atoms with Crippen molar-refractivity contribution in [3.63, 3.8) is 0 Å². The first-order valence-corrected chi connectivity index (χ1v) is 13.4. The van der Waals surface area contributed by atoms with Crippen molar-refractivity contribution in [3.05, 3.63) is 88.5 Å². The number of carbonyl (C=O) groups excluding carboxylic acids is 2. The summed E-state index contributed by atoms with van der Waals surface area (Å²) in [7, 11) is 2.54. The first kappa shape index (κ1) is 28.9. The Morgan fingerprint density at radius 2 is 1.46 bits per heavy atom. The Kier molecular flexibility index (Phi) is 8.02. The highest BCUT2D eigenvalue weighted by atomic mass is 19.1. The van der Waals surface area contributed by atoms with E-state index in [4.69, 9.17) is 28.4 Å². The van der Waals surface area contributed by atoms with Gasteiger partial charge in [-0.25, -0.2) is 14.0 Å². The summed E-state index contributed by atoms with van der Waals surface area (Å²) in [6.45, 7) is 7.29. The number of anilines is 1. The molecule has 0 spiro atoms. The fraction of sp³-hybridized carbons (Fsp3) is 0.419. The van der Waals surface area contributed by atoms with Gasteiger partial charge in [0.2, 0.25) is 0 Å². The molecule has 218 valence electrons. The fourth-order valence-corrected chi connectivity index (χ4v) is 5.89. The quantitative estimate of drug-likeness (QED) is 0.445. The van der Waals surface area contributed by atoms with Gasteiger partial charge in [0, 0.05) is 17.1 Å².